The van der Waals surface area contributed by atoms with E-state index >= 15 is 0 Å². The van der Waals surface area contributed by atoms with E-state index in [0.717, 1.165) is 5.56 Å². The summed E-state index contributed by atoms with van der Waals surface area (Å²) in [6.07, 6.45) is 3.39. The molecule has 0 aromatic heterocycles. The summed E-state index contributed by atoms with van der Waals surface area (Å²) in [4.78, 5) is 33.6. The number of nitrogens with one attached hydrogen (secondary N) is 2. The van der Waals surface area contributed by atoms with Gasteiger partial charge >= 0.3 is 0 Å². The number of anilines is 1. The maximum Gasteiger partial charge on any atom is 0.269 e. The highest BCUT2D eigenvalue weighted by Gasteiger charge is 2.08. The number of benzene rings is 2. The molecule has 0 radical (unpaired) electrons. The van der Waals surface area contributed by atoms with Gasteiger partial charge in [0, 0.05) is 30.3 Å². The molecule has 1 unspecified atom stereocenters. The number of nitro benzene ring substituents is 1. The van der Waals surface area contributed by atoms with Crippen LogP contribution in [0.1, 0.15) is 37.4 Å². The van der Waals surface area contributed by atoms with E-state index < -0.39 is 4.92 Å². The first-order valence-corrected chi connectivity index (χ1v) is 8.52. The van der Waals surface area contributed by atoms with Crippen molar-refractivity contribution >= 4 is 29.3 Å². The summed E-state index contributed by atoms with van der Waals surface area (Å²) < 4.78 is 0. The molecule has 27 heavy (non-hydrogen) atoms. The number of nitrogens with zero attached hydrogens (tertiary/aromatic N) is 1. The van der Waals surface area contributed by atoms with Crippen molar-refractivity contribution in [3.05, 3.63) is 75.8 Å². The highest BCUT2D eigenvalue weighted by Crippen LogP contribution is 2.17. The number of non-ortho nitro benzene ring substituents is 1. The molecule has 0 saturated heterocycles. The van der Waals surface area contributed by atoms with Crippen LogP contribution in [0, 0.1) is 10.1 Å². The molecular weight excluding hydrogens is 346 g/mol. The van der Waals surface area contributed by atoms with Crippen LogP contribution in [0.2, 0.25) is 0 Å². The normalized spacial score (nSPS) is 11.8. The first kappa shape index (κ1) is 19.8. The Morgan fingerprint density at radius 2 is 1.74 bits per heavy atom. The van der Waals surface area contributed by atoms with Gasteiger partial charge in [-0.15, -0.1) is 0 Å². The fourth-order valence-electron chi connectivity index (χ4n) is 2.33. The highest BCUT2D eigenvalue weighted by molar-refractivity contribution is 5.92. The van der Waals surface area contributed by atoms with Gasteiger partial charge in [-0.1, -0.05) is 19.1 Å². The van der Waals surface area contributed by atoms with Crippen LogP contribution >= 0.6 is 0 Å². The number of carbonyl (C=O) groups excluding carboxylic acids is 2. The van der Waals surface area contributed by atoms with E-state index in [9.17, 15) is 19.7 Å². The molecule has 2 aromatic rings. The molecule has 0 fully saturated rings. The van der Waals surface area contributed by atoms with Crippen LogP contribution in [-0.4, -0.2) is 16.7 Å². The Kier molecular flexibility index (Phi) is 6.82. The van der Waals surface area contributed by atoms with Gasteiger partial charge in [-0.25, -0.2) is 0 Å². The third kappa shape index (κ3) is 6.07. The number of amides is 2. The monoisotopic (exact) mass is 367 g/mol. The standard InChI is InChI=1S/C20H21N3O4/c1-3-19(24)22-17-9-7-16(8-10-17)14(2)21-20(25)13-6-15-4-11-18(12-5-15)23(26)27/h4-14H,3H2,1-2H3,(H,21,25)(H,22,24)/b13-6+. The lowest BCUT2D eigenvalue weighted by atomic mass is 10.1. The maximum atomic E-state index is 12.1. The third-order valence-electron chi connectivity index (χ3n) is 3.91. The lowest BCUT2D eigenvalue weighted by molar-refractivity contribution is -0.384. The van der Waals surface area contributed by atoms with Crippen LogP contribution in [0.15, 0.2) is 54.6 Å². The van der Waals surface area contributed by atoms with E-state index in [2.05, 4.69) is 10.6 Å². The van der Waals surface area contributed by atoms with Gasteiger partial charge < -0.3 is 10.6 Å². The Hall–Kier alpha value is -3.48. The second-order valence-corrected chi connectivity index (χ2v) is 5.94. The second-order valence-electron chi connectivity index (χ2n) is 5.94. The van der Waals surface area contributed by atoms with Crippen LogP contribution in [0.5, 0.6) is 0 Å². The molecule has 0 bridgehead atoms. The van der Waals surface area contributed by atoms with Crippen molar-refractivity contribution in [2.24, 2.45) is 0 Å². The van der Waals surface area contributed by atoms with Crippen LogP contribution < -0.4 is 10.6 Å². The molecule has 1 atom stereocenters. The Morgan fingerprint density at radius 1 is 1.11 bits per heavy atom. The molecular formula is C20H21N3O4. The van der Waals surface area contributed by atoms with E-state index in [-0.39, 0.29) is 23.5 Å². The summed E-state index contributed by atoms with van der Waals surface area (Å²) in [5, 5.41) is 16.2. The van der Waals surface area contributed by atoms with E-state index in [0.29, 0.717) is 17.7 Å². The molecule has 7 nitrogen and oxygen atoms in total. The molecule has 7 heteroatoms. The second kappa shape index (κ2) is 9.28. The van der Waals surface area contributed by atoms with Crippen molar-refractivity contribution in [2.45, 2.75) is 26.3 Å². The predicted molar refractivity (Wildman–Crippen MR) is 104 cm³/mol. The number of rotatable bonds is 7. The lowest BCUT2D eigenvalue weighted by Crippen LogP contribution is -2.24. The van der Waals surface area contributed by atoms with Crippen molar-refractivity contribution in [1.82, 2.24) is 5.32 Å². The average Bonchev–Trinajstić information content (AvgIpc) is 2.67. The molecule has 0 aliphatic rings. The number of hydrogen-bond acceptors (Lipinski definition) is 4. The van der Waals surface area contributed by atoms with Gasteiger partial charge in [-0.05, 0) is 48.4 Å². The molecule has 2 aromatic carbocycles. The van der Waals surface area contributed by atoms with Gasteiger partial charge in [0.1, 0.15) is 0 Å². The van der Waals surface area contributed by atoms with Crippen molar-refractivity contribution < 1.29 is 14.5 Å². The minimum Gasteiger partial charge on any atom is -0.346 e. The zero-order valence-corrected chi connectivity index (χ0v) is 15.1. The Morgan fingerprint density at radius 3 is 2.30 bits per heavy atom. The highest BCUT2D eigenvalue weighted by atomic mass is 16.6. The van der Waals surface area contributed by atoms with Crippen LogP contribution in [0.3, 0.4) is 0 Å². The van der Waals surface area contributed by atoms with Gasteiger partial charge in [0.25, 0.3) is 5.69 Å². The van der Waals surface area contributed by atoms with E-state index in [4.69, 9.17) is 0 Å². The molecule has 0 spiro atoms. The summed E-state index contributed by atoms with van der Waals surface area (Å²) >= 11 is 0. The summed E-state index contributed by atoms with van der Waals surface area (Å²) in [5.74, 6) is -0.329. The molecule has 140 valence electrons. The summed E-state index contributed by atoms with van der Waals surface area (Å²) in [5.41, 5.74) is 2.31. The van der Waals surface area contributed by atoms with E-state index in [1.54, 1.807) is 37.3 Å². The molecule has 0 saturated carbocycles. The van der Waals surface area contributed by atoms with Crippen LogP contribution in [0.25, 0.3) is 6.08 Å². The van der Waals surface area contributed by atoms with Crippen molar-refractivity contribution in [2.75, 3.05) is 5.32 Å². The Bertz CT molecular complexity index is 843. The van der Waals surface area contributed by atoms with Gasteiger partial charge in [-0.2, -0.15) is 0 Å². The van der Waals surface area contributed by atoms with Crippen LogP contribution in [0.4, 0.5) is 11.4 Å². The molecule has 2 rings (SSSR count). The number of hydrogen-bond donors (Lipinski definition) is 2. The fourth-order valence-corrected chi connectivity index (χ4v) is 2.33. The Labute approximate surface area is 157 Å². The van der Waals surface area contributed by atoms with Crippen LogP contribution in [-0.2, 0) is 9.59 Å². The van der Waals surface area contributed by atoms with E-state index in [1.807, 2.05) is 19.1 Å². The smallest absolute Gasteiger partial charge is 0.269 e. The summed E-state index contributed by atoms with van der Waals surface area (Å²) in [6, 6.07) is 13.0. The molecule has 2 amide bonds. The molecule has 0 aliphatic heterocycles. The SMILES string of the molecule is CCC(=O)Nc1ccc(C(C)NC(=O)/C=C/c2ccc([N+](=O)[O-])cc2)cc1. The quantitative estimate of drug-likeness (QED) is 0.441. The zero-order valence-electron chi connectivity index (χ0n) is 15.1. The fraction of sp³-hybridized carbons (Fsp3) is 0.200. The van der Waals surface area contributed by atoms with Crippen molar-refractivity contribution in [1.29, 1.82) is 0 Å². The minimum absolute atomic E-state index is 0.00352. The predicted octanol–water partition coefficient (Wildman–Crippen LogP) is 3.83. The van der Waals surface area contributed by atoms with Gasteiger partial charge in [0.05, 0.1) is 11.0 Å². The first-order chi connectivity index (χ1) is 12.9. The average molecular weight is 367 g/mol. The van der Waals surface area contributed by atoms with Crippen molar-refractivity contribution in [3.63, 3.8) is 0 Å². The van der Waals surface area contributed by atoms with E-state index in [1.165, 1.54) is 18.2 Å². The number of carbonyl (C=O) groups is 2. The topological polar surface area (TPSA) is 101 Å². The first-order valence-electron chi connectivity index (χ1n) is 8.52. The number of nitro groups is 1. The summed E-state index contributed by atoms with van der Waals surface area (Å²) in [7, 11) is 0. The lowest BCUT2D eigenvalue weighted by Gasteiger charge is -2.13. The maximum absolute atomic E-state index is 12.1. The minimum atomic E-state index is -0.471. The largest absolute Gasteiger partial charge is 0.346 e. The van der Waals surface area contributed by atoms with Gasteiger partial charge in [-0.3, -0.25) is 19.7 Å². The third-order valence-corrected chi connectivity index (χ3v) is 3.91. The molecule has 2 N–H and O–H groups in total. The zero-order chi connectivity index (χ0) is 19.8. The van der Waals surface area contributed by atoms with Crippen molar-refractivity contribution in [3.8, 4) is 0 Å². The molecule has 0 heterocycles. The summed E-state index contributed by atoms with van der Waals surface area (Å²) in [6.45, 7) is 3.64. The van der Waals surface area contributed by atoms with Gasteiger partial charge in [0.15, 0.2) is 0 Å². The van der Waals surface area contributed by atoms with Gasteiger partial charge in [0.2, 0.25) is 11.8 Å². The Balaban J connectivity index is 1.92. The molecule has 0 aliphatic carbocycles.